The Bertz CT molecular complexity index is 861. The first-order valence-corrected chi connectivity index (χ1v) is 8.74. The summed E-state index contributed by atoms with van der Waals surface area (Å²) in [5.41, 5.74) is 0.556. The van der Waals surface area contributed by atoms with E-state index in [2.05, 4.69) is 14.8 Å². The van der Waals surface area contributed by atoms with Gasteiger partial charge in [0.1, 0.15) is 5.75 Å². The summed E-state index contributed by atoms with van der Waals surface area (Å²) in [5, 5.41) is 3.36. The van der Waals surface area contributed by atoms with Gasteiger partial charge in [-0.05, 0) is 43.3 Å². The van der Waals surface area contributed by atoms with E-state index in [-0.39, 0.29) is 16.9 Å². The number of ether oxygens (including phenoxy) is 3. The lowest BCUT2D eigenvalue weighted by atomic mass is 10.1. The predicted octanol–water partition coefficient (Wildman–Crippen LogP) is 3.97. The number of anilines is 1. The SMILES string of the molecule is COC(=O)c1cc(OC(C)C(=O)Nc2cc(Cl)cc(Cl)c2)cc(C(=O)OC)c1. The quantitative estimate of drug-likeness (QED) is 0.703. The van der Waals surface area contributed by atoms with Crippen molar-refractivity contribution in [3.8, 4) is 5.75 Å². The number of methoxy groups -OCH3 is 2. The number of hydrogen-bond acceptors (Lipinski definition) is 6. The summed E-state index contributed by atoms with van der Waals surface area (Å²) < 4.78 is 14.9. The van der Waals surface area contributed by atoms with E-state index in [0.29, 0.717) is 15.7 Å². The number of hydrogen-bond donors (Lipinski definition) is 1. The van der Waals surface area contributed by atoms with Gasteiger partial charge in [-0.2, -0.15) is 0 Å². The van der Waals surface area contributed by atoms with Crippen LogP contribution in [0.5, 0.6) is 5.75 Å². The van der Waals surface area contributed by atoms with Crippen LogP contribution in [0.15, 0.2) is 36.4 Å². The molecule has 0 fully saturated rings. The fraction of sp³-hybridized carbons (Fsp3) is 0.211. The number of nitrogens with one attached hydrogen (secondary N) is 1. The lowest BCUT2D eigenvalue weighted by Crippen LogP contribution is -2.30. The highest BCUT2D eigenvalue weighted by molar-refractivity contribution is 6.35. The molecule has 0 aliphatic rings. The molecule has 0 saturated carbocycles. The van der Waals surface area contributed by atoms with Crippen LogP contribution in [-0.2, 0) is 14.3 Å². The van der Waals surface area contributed by atoms with Crippen LogP contribution in [0.4, 0.5) is 5.69 Å². The Kier molecular flexibility index (Phi) is 7.25. The smallest absolute Gasteiger partial charge is 0.338 e. The van der Waals surface area contributed by atoms with Gasteiger partial charge in [-0.15, -0.1) is 0 Å². The Labute approximate surface area is 171 Å². The van der Waals surface area contributed by atoms with E-state index in [1.54, 1.807) is 0 Å². The second-order valence-electron chi connectivity index (χ2n) is 5.64. The first-order valence-electron chi connectivity index (χ1n) is 7.99. The summed E-state index contributed by atoms with van der Waals surface area (Å²) in [4.78, 5) is 36.0. The highest BCUT2D eigenvalue weighted by atomic mass is 35.5. The van der Waals surface area contributed by atoms with E-state index in [0.717, 1.165) is 0 Å². The average Bonchev–Trinajstić information content (AvgIpc) is 2.65. The van der Waals surface area contributed by atoms with Crippen molar-refractivity contribution in [2.24, 2.45) is 0 Å². The maximum Gasteiger partial charge on any atom is 0.338 e. The molecule has 148 valence electrons. The lowest BCUT2D eigenvalue weighted by Gasteiger charge is -2.16. The highest BCUT2D eigenvalue weighted by Crippen LogP contribution is 2.24. The zero-order valence-corrected chi connectivity index (χ0v) is 16.8. The summed E-state index contributed by atoms with van der Waals surface area (Å²) in [6.45, 7) is 1.50. The molecule has 7 nitrogen and oxygen atoms in total. The second-order valence-corrected chi connectivity index (χ2v) is 6.51. The average molecular weight is 426 g/mol. The number of esters is 2. The van der Waals surface area contributed by atoms with E-state index in [4.69, 9.17) is 27.9 Å². The molecular weight excluding hydrogens is 409 g/mol. The fourth-order valence-corrected chi connectivity index (χ4v) is 2.79. The van der Waals surface area contributed by atoms with E-state index in [1.807, 2.05) is 0 Å². The van der Waals surface area contributed by atoms with Crippen molar-refractivity contribution < 1.29 is 28.6 Å². The molecule has 2 rings (SSSR count). The summed E-state index contributed by atoms with van der Waals surface area (Å²) in [7, 11) is 2.42. The number of carbonyl (C=O) groups is 3. The minimum atomic E-state index is -0.962. The molecule has 0 bridgehead atoms. The number of amides is 1. The van der Waals surface area contributed by atoms with Gasteiger partial charge in [-0.25, -0.2) is 9.59 Å². The first-order chi connectivity index (χ1) is 13.2. The monoisotopic (exact) mass is 425 g/mol. The Morgan fingerprint density at radius 2 is 1.36 bits per heavy atom. The van der Waals surface area contributed by atoms with Crippen molar-refractivity contribution in [1.29, 1.82) is 0 Å². The van der Waals surface area contributed by atoms with Crippen LogP contribution in [0.3, 0.4) is 0 Å². The van der Waals surface area contributed by atoms with Crippen LogP contribution in [0.1, 0.15) is 27.6 Å². The van der Waals surface area contributed by atoms with Crippen LogP contribution in [0.25, 0.3) is 0 Å². The summed E-state index contributed by atoms with van der Waals surface area (Å²) in [5.74, 6) is -1.70. The van der Waals surface area contributed by atoms with E-state index in [1.165, 1.54) is 57.5 Å². The summed E-state index contributed by atoms with van der Waals surface area (Å²) >= 11 is 11.8. The van der Waals surface area contributed by atoms with E-state index < -0.39 is 23.9 Å². The van der Waals surface area contributed by atoms with Gasteiger partial charge in [0.25, 0.3) is 5.91 Å². The van der Waals surface area contributed by atoms with Crippen LogP contribution in [0.2, 0.25) is 10.0 Å². The van der Waals surface area contributed by atoms with Gasteiger partial charge >= 0.3 is 11.9 Å². The van der Waals surface area contributed by atoms with Gasteiger partial charge in [-0.3, -0.25) is 4.79 Å². The van der Waals surface area contributed by atoms with Crippen molar-refractivity contribution in [1.82, 2.24) is 0 Å². The van der Waals surface area contributed by atoms with Gasteiger partial charge in [-0.1, -0.05) is 23.2 Å². The fourth-order valence-electron chi connectivity index (χ4n) is 2.27. The Morgan fingerprint density at radius 1 is 0.857 bits per heavy atom. The lowest BCUT2D eigenvalue weighted by molar-refractivity contribution is -0.122. The zero-order chi connectivity index (χ0) is 20.8. The van der Waals surface area contributed by atoms with Crippen molar-refractivity contribution in [3.05, 3.63) is 57.6 Å². The van der Waals surface area contributed by atoms with Crippen LogP contribution < -0.4 is 10.1 Å². The molecule has 2 aromatic carbocycles. The van der Waals surface area contributed by atoms with Gasteiger partial charge in [0, 0.05) is 15.7 Å². The number of carbonyl (C=O) groups excluding carboxylic acids is 3. The van der Waals surface area contributed by atoms with E-state index >= 15 is 0 Å². The topological polar surface area (TPSA) is 90.9 Å². The maximum absolute atomic E-state index is 12.4. The molecule has 2 aromatic rings. The molecule has 0 spiro atoms. The van der Waals surface area contributed by atoms with Crippen LogP contribution in [0, 0.1) is 0 Å². The zero-order valence-electron chi connectivity index (χ0n) is 15.2. The largest absolute Gasteiger partial charge is 0.481 e. The molecule has 1 N–H and O–H groups in total. The summed E-state index contributed by atoms with van der Waals surface area (Å²) in [6.07, 6.45) is -0.962. The molecule has 0 heterocycles. The Balaban J connectivity index is 2.21. The molecule has 0 radical (unpaired) electrons. The number of benzene rings is 2. The molecule has 0 saturated heterocycles. The minimum Gasteiger partial charge on any atom is -0.481 e. The van der Waals surface area contributed by atoms with Crippen molar-refractivity contribution in [3.63, 3.8) is 0 Å². The summed E-state index contributed by atoms with van der Waals surface area (Å²) in [6, 6.07) is 8.63. The molecule has 1 amide bonds. The van der Waals surface area contributed by atoms with Crippen LogP contribution >= 0.6 is 23.2 Å². The molecule has 1 unspecified atom stereocenters. The predicted molar refractivity (Wildman–Crippen MR) is 104 cm³/mol. The minimum absolute atomic E-state index is 0.0784. The van der Waals surface area contributed by atoms with Crippen molar-refractivity contribution in [2.75, 3.05) is 19.5 Å². The molecule has 1 atom stereocenters. The third-order valence-corrected chi connectivity index (χ3v) is 4.00. The van der Waals surface area contributed by atoms with Gasteiger partial charge < -0.3 is 19.5 Å². The molecule has 0 aliphatic heterocycles. The second kappa shape index (κ2) is 9.43. The maximum atomic E-state index is 12.4. The number of halogens is 2. The van der Waals surface area contributed by atoms with Gasteiger partial charge in [0.2, 0.25) is 0 Å². The van der Waals surface area contributed by atoms with Crippen molar-refractivity contribution >= 4 is 46.7 Å². The van der Waals surface area contributed by atoms with Crippen LogP contribution in [-0.4, -0.2) is 38.2 Å². The third-order valence-electron chi connectivity index (χ3n) is 3.56. The third kappa shape index (κ3) is 5.61. The molecule has 28 heavy (non-hydrogen) atoms. The highest BCUT2D eigenvalue weighted by Gasteiger charge is 2.19. The van der Waals surface area contributed by atoms with Crippen molar-refractivity contribution in [2.45, 2.75) is 13.0 Å². The van der Waals surface area contributed by atoms with Gasteiger partial charge in [0.15, 0.2) is 6.10 Å². The number of rotatable bonds is 6. The molecular formula is C19H17Cl2NO6. The molecule has 0 aromatic heterocycles. The first kappa shape index (κ1) is 21.5. The Hall–Kier alpha value is -2.77. The molecule has 9 heteroatoms. The normalized spacial score (nSPS) is 11.3. The molecule has 0 aliphatic carbocycles. The van der Waals surface area contributed by atoms with Gasteiger partial charge in [0.05, 0.1) is 25.3 Å². The van der Waals surface area contributed by atoms with E-state index in [9.17, 15) is 14.4 Å². The Morgan fingerprint density at radius 3 is 1.82 bits per heavy atom. The standard InChI is InChI=1S/C19H17Cl2NO6/c1-10(17(23)22-15-8-13(20)7-14(21)9-15)28-16-5-11(18(24)26-2)4-12(6-16)19(25)27-3/h4-10H,1-3H3,(H,22,23).